The number of hydrogen-bond donors (Lipinski definition) is 1. The van der Waals surface area contributed by atoms with E-state index in [0.717, 1.165) is 13.6 Å². The molecular weight excluding hydrogens is 551 g/mol. The van der Waals surface area contributed by atoms with Crippen LogP contribution in [0, 0.1) is 3.57 Å². The first-order valence-electron chi connectivity index (χ1n) is 8.63. The quantitative estimate of drug-likeness (QED) is 0.227. The number of ether oxygens (including phenoxy) is 2. The van der Waals surface area contributed by atoms with Crippen molar-refractivity contribution in [1.82, 2.24) is 10.2 Å². The number of carbonyl (C=O) groups is 2. The first-order chi connectivity index (χ1) is 13.9. The molecule has 1 aliphatic rings. The summed E-state index contributed by atoms with van der Waals surface area (Å²) in [6.07, 6.45) is 3.28. The summed E-state index contributed by atoms with van der Waals surface area (Å²) >= 11 is 5.51. The van der Waals surface area contributed by atoms with E-state index in [1.807, 2.05) is 30.3 Å². The van der Waals surface area contributed by atoms with E-state index in [9.17, 15) is 9.59 Å². The van der Waals surface area contributed by atoms with Gasteiger partial charge in [-0.05, 0) is 64.1 Å². The molecule has 1 heterocycles. The molecule has 2 aromatic rings. The summed E-state index contributed by atoms with van der Waals surface area (Å²) in [7, 11) is 1.55. The topological polar surface area (TPSA) is 67.9 Å². The Morgan fingerprint density at radius 2 is 1.97 bits per heavy atom. The minimum Gasteiger partial charge on any atom is -0.493 e. The van der Waals surface area contributed by atoms with Crippen LogP contribution in [0.15, 0.2) is 59.2 Å². The Morgan fingerprint density at radius 3 is 2.62 bits per heavy atom. The van der Waals surface area contributed by atoms with Gasteiger partial charge in [-0.3, -0.25) is 9.69 Å². The largest absolute Gasteiger partial charge is 0.493 e. The van der Waals surface area contributed by atoms with Crippen LogP contribution in [-0.2, 0) is 11.3 Å². The van der Waals surface area contributed by atoms with E-state index in [2.05, 4.69) is 50.4 Å². The number of hydrogen-bond acceptors (Lipinski definition) is 4. The molecule has 6 nitrogen and oxygen atoms in total. The Morgan fingerprint density at radius 1 is 1.24 bits per heavy atom. The average Bonchev–Trinajstić information content (AvgIpc) is 2.95. The van der Waals surface area contributed by atoms with Crippen LogP contribution in [0.25, 0.3) is 6.08 Å². The van der Waals surface area contributed by atoms with Crippen molar-refractivity contribution in [3.8, 4) is 11.5 Å². The molecule has 0 aromatic heterocycles. The third-order valence-corrected chi connectivity index (χ3v) is 5.45. The second-order valence-corrected chi connectivity index (χ2v) is 8.22. The van der Waals surface area contributed by atoms with E-state index >= 15 is 0 Å². The smallest absolute Gasteiger partial charge is 0.329 e. The Labute approximate surface area is 190 Å². The number of rotatable bonds is 7. The van der Waals surface area contributed by atoms with Crippen LogP contribution in [-0.4, -0.2) is 30.6 Å². The minimum atomic E-state index is -0.447. The molecule has 1 saturated heterocycles. The molecule has 8 heteroatoms. The Kier molecular flexibility index (Phi) is 6.96. The fourth-order valence-corrected chi connectivity index (χ4v) is 3.81. The van der Waals surface area contributed by atoms with Crippen LogP contribution in [0.5, 0.6) is 11.5 Å². The van der Waals surface area contributed by atoms with Crippen LogP contribution < -0.4 is 14.8 Å². The maximum atomic E-state index is 12.7. The van der Waals surface area contributed by atoms with Gasteiger partial charge < -0.3 is 14.8 Å². The van der Waals surface area contributed by atoms with Crippen LogP contribution in [0.1, 0.15) is 11.1 Å². The molecule has 150 valence electrons. The molecule has 29 heavy (non-hydrogen) atoms. The fourth-order valence-electron chi connectivity index (χ4n) is 2.76. The second kappa shape index (κ2) is 9.45. The van der Waals surface area contributed by atoms with Crippen molar-refractivity contribution < 1.29 is 19.1 Å². The van der Waals surface area contributed by atoms with Gasteiger partial charge in [-0.2, -0.15) is 0 Å². The van der Waals surface area contributed by atoms with Gasteiger partial charge in [0.2, 0.25) is 0 Å². The number of amides is 3. The van der Waals surface area contributed by atoms with E-state index in [-0.39, 0.29) is 18.1 Å². The zero-order valence-corrected chi connectivity index (χ0v) is 19.3. The number of halogens is 2. The SMILES string of the molecule is C=CCOc1c(I)cc(/C=C2/NC(=O)N(Cc3ccc(Br)cc3)C2=O)cc1OC. The van der Waals surface area contributed by atoms with E-state index < -0.39 is 6.03 Å². The highest BCUT2D eigenvalue weighted by Crippen LogP contribution is 2.35. The van der Waals surface area contributed by atoms with E-state index in [1.54, 1.807) is 25.3 Å². The molecule has 0 spiro atoms. The molecular formula is C21H18BrIN2O4. The Balaban J connectivity index is 1.84. The summed E-state index contributed by atoms with van der Waals surface area (Å²) in [5, 5.41) is 2.64. The van der Waals surface area contributed by atoms with Gasteiger partial charge in [0.1, 0.15) is 12.3 Å². The molecule has 0 radical (unpaired) electrons. The van der Waals surface area contributed by atoms with Crippen molar-refractivity contribution in [2.75, 3.05) is 13.7 Å². The molecule has 2 aromatic carbocycles. The average molecular weight is 569 g/mol. The fraction of sp³-hybridized carbons (Fsp3) is 0.143. The van der Waals surface area contributed by atoms with Crippen LogP contribution >= 0.6 is 38.5 Å². The van der Waals surface area contributed by atoms with Crippen molar-refractivity contribution >= 4 is 56.5 Å². The minimum absolute atomic E-state index is 0.199. The van der Waals surface area contributed by atoms with Crippen molar-refractivity contribution in [3.63, 3.8) is 0 Å². The zero-order valence-electron chi connectivity index (χ0n) is 15.6. The van der Waals surface area contributed by atoms with Crippen molar-refractivity contribution in [3.05, 3.63) is 73.9 Å². The number of nitrogens with zero attached hydrogens (tertiary/aromatic N) is 1. The second-order valence-electron chi connectivity index (χ2n) is 6.14. The van der Waals surface area contributed by atoms with Gasteiger partial charge in [0, 0.05) is 4.47 Å². The lowest BCUT2D eigenvalue weighted by Gasteiger charge is -2.13. The van der Waals surface area contributed by atoms with E-state index in [1.165, 1.54) is 4.90 Å². The van der Waals surface area contributed by atoms with Gasteiger partial charge >= 0.3 is 6.03 Å². The molecule has 1 aliphatic heterocycles. The molecule has 0 saturated carbocycles. The number of imide groups is 1. The van der Waals surface area contributed by atoms with Gasteiger partial charge in [0.25, 0.3) is 5.91 Å². The monoisotopic (exact) mass is 568 g/mol. The van der Waals surface area contributed by atoms with Crippen LogP contribution in [0.3, 0.4) is 0 Å². The third kappa shape index (κ3) is 4.99. The summed E-state index contributed by atoms with van der Waals surface area (Å²) in [6, 6.07) is 10.6. The Bertz CT molecular complexity index is 989. The maximum absolute atomic E-state index is 12.7. The van der Waals surface area contributed by atoms with Gasteiger partial charge in [0.05, 0.1) is 17.2 Å². The molecule has 0 atom stereocenters. The first-order valence-corrected chi connectivity index (χ1v) is 10.5. The lowest BCUT2D eigenvalue weighted by atomic mass is 10.1. The summed E-state index contributed by atoms with van der Waals surface area (Å²) < 4.78 is 12.8. The lowest BCUT2D eigenvalue weighted by molar-refractivity contribution is -0.123. The van der Waals surface area contributed by atoms with Crippen molar-refractivity contribution in [2.45, 2.75) is 6.54 Å². The molecule has 1 N–H and O–H groups in total. The highest BCUT2D eigenvalue weighted by Gasteiger charge is 2.33. The van der Waals surface area contributed by atoms with Crippen molar-refractivity contribution in [1.29, 1.82) is 0 Å². The summed E-state index contributed by atoms with van der Waals surface area (Å²) in [4.78, 5) is 26.2. The van der Waals surface area contributed by atoms with E-state index in [0.29, 0.717) is 23.7 Å². The van der Waals surface area contributed by atoms with Gasteiger partial charge in [-0.1, -0.05) is 40.7 Å². The zero-order chi connectivity index (χ0) is 21.0. The predicted octanol–water partition coefficient (Wildman–Crippen LogP) is 4.72. The van der Waals surface area contributed by atoms with Gasteiger partial charge in [0.15, 0.2) is 11.5 Å². The summed E-state index contributed by atoms with van der Waals surface area (Å²) in [6.45, 7) is 4.19. The summed E-state index contributed by atoms with van der Waals surface area (Å²) in [5.41, 5.74) is 1.79. The van der Waals surface area contributed by atoms with Crippen LogP contribution in [0.2, 0.25) is 0 Å². The normalized spacial score (nSPS) is 14.9. The van der Waals surface area contributed by atoms with Gasteiger partial charge in [-0.15, -0.1) is 0 Å². The number of methoxy groups -OCH3 is 1. The molecule has 0 unspecified atom stereocenters. The number of nitrogens with one attached hydrogen (secondary N) is 1. The van der Waals surface area contributed by atoms with Crippen LogP contribution in [0.4, 0.5) is 4.79 Å². The molecule has 3 amide bonds. The third-order valence-electron chi connectivity index (χ3n) is 4.12. The summed E-state index contributed by atoms with van der Waals surface area (Å²) in [5.74, 6) is 0.766. The van der Waals surface area contributed by atoms with E-state index in [4.69, 9.17) is 9.47 Å². The number of urea groups is 1. The molecule has 1 fully saturated rings. The highest BCUT2D eigenvalue weighted by molar-refractivity contribution is 14.1. The molecule has 0 aliphatic carbocycles. The number of benzene rings is 2. The highest BCUT2D eigenvalue weighted by atomic mass is 127. The lowest BCUT2D eigenvalue weighted by Crippen LogP contribution is -2.30. The Hall–Kier alpha value is -2.33. The predicted molar refractivity (Wildman–Crippen MR) is 123 cm³/mol. The van der Waals surface area contributed by atoms with Crippen molar-refractivity contribution in [2.24, 2.45) is 0 Å². The maximum Gasteiger partial charge on any atom is 0.329 e. The standard InChI is InChI=1S/C21H18BrIN2O4/c1-3-8-29-19-16(23)9-14(11-18(19)28-2)10-17-20(26)25(21(27)24-17)12-13-4-6-15(22)7-5-13/h3-7,9-11H,1,8,12H2,2H3,(H,24,27)/b17-10+. The number of carbonyl (C=O) groups excluding carboxylic acids is 2. The first kappa shape index (κ1) is 21.4. The molecule has 0 bridgehead atoms. The molecule has 3 rings (SSSR count). The van der Waals surface area contributed by atoms with Gasteiger partial charge in [-0.25, -0.2) is 4.79 Å².